The monoisotopic (exact) mass is 446 g/mol. The summed E-state index contributed by atoms with van der Waals surface area (Å²) in [6, 6.07) is 0.193. The lowest BCUT2D eigenvalue weighted by Gasteiger charge is -2.32. The lowest BCUT2D eigenvalue weighted by molar-refractivity contribution is 0.0913. The van der Waals surface area contributed by atoms with Crippen molar-refractivity contribution in [3.63, 3.8) is 0 Å². The summed E-state index contributed by atoms with van der Waals surface area (Å²) < 4.78 is 6.95. The number of hydrogen-bond acceptors (Lipinski definition) is 6. The molecule has 31 heavy (non-hydrogen) atoms. The molecule has 0 aliphatic carbocycles. The molecule has 170 valence electrons. The summed E-state index contributed by atoms with van der Waals surface area (Å²) in [7, 11) is 1.74. The van der Waals surface area contributed by atoms with Gasteiger partial charge in [-0.25, -0.2) is 4.98 Å². The Morgan fingerprint density at radius 2 is 2.00 bits per heavy atom. The van der Waals surface area contributed by atoms with Crippen LogP contribution in [0.15, 0.2) is 4.79 Å². The molecule has 0 spiro atoms. The maximum atomic E-state index is 13.1. The summed E-state index contributed by atoms with van der Waals surface area (Å²) in [6.07, 6.45) is 8.24. The minimum Gasteiger partial charge on any atom is -0.385 e. The van der Waals surface area contributed by atoms with E-state index in [1.165, 1.54) is 11.3 Å². The molecule has 2 aromatic rings. The third kappa shape index (κ3) is 5.02. The van der Waals surface area contributed by atoms with Crippen molar-refractivity contribution in [2.75, 3.05) is 33.4 Å². The lowest BCUT2D eigenvalue weighted by atomic mass is 10.0. The van der Waals surface area contributed by atoms with Crippen LogP contribution in [0.3, 0.4) is 0 Å². The van der Waals surface area contributed by atoms with E-state index in [0.29, 0.717) is 15.1 Å². The molecule has 0 unspecified atom stereocenters. The van der Waals surface area contributed by atoms with Crippen LogP contribution in [0.4, 0.5) is 0 Å². The van der Waals surface area contributed by atoms with Gasteiger partial charge < -0.3 is 15.0 Å². The molecule has 7 nitrogen and oxygen atoms in total. The second-order valence-corrected chi connectivity index (χ2v) is 9.82. The minimum absolute atomic E-state index is 0.0245. The van der Waals surface area contributed by atoms with Gasteiger partial charge in [0.2, 0.25) is 0 Å². The molecule has 2 aromatic heterocycles. The molecule has 4 heterocycles. The quantitative estimate of drug-likeness (QED) is 0.662. The first-order valence-corrected chi connectivity index (χ1v) is 12.4. The third-order valence-electron chi connectivity index (χ3n) is 6.61. The SMILES string of the molecule is COCCCCN1CCC(NC(=O)c2sc3nc4n(c(=O)c3c2C)CCCCC4)CC1. The average molecular weight is 447 g/mol. The van der Waals surface area contributed by atoms with Crippen LogP contribution in [0.2, 0.25) is 0 Å². The molecule has 1 saturated heterocycles. The van der Waals surface area contributed by atoms with Crippen molar-refractivity contribution in [2.45, 2.75) is 70.9 Å². The highest BCUT2D eigenvalue weighted by Crippen LogP contribution is 2.28. The number of rotatable bonds is 7. The lowest BCUT2D eigenvalue weighted by Crippen LogP contribution is -2.44. The van der Waals surface area contributed by atoms with E-state index in [1.54, 1.807) is 7.11 Å². The number of methoxy groups -OCH3 is 1. The molecule has 0 bridgehead atoms. The van der Waals surface area contributed by atoms with Gasteiger partial charge >= 0.3 is 0 Å². The minimum atomic E-state index is -0.0568. The Kier molecular flexibility index (Phi) is 7.40. The van der Waals surface area contributed by atoms with Crippen molar-refractivity contribution in [1.82, 2.24) is 19.8 Å². The van der Waals surface area contributed by atoms with Crippen LogP contribution in [0.5, 0.6) is 0 Å². The number of hydrogen-bond donors (Lipinski definition) is 1. The maximum Gasteiger partial charge on any atom is 0.262 e. The third-order valence-corrected chi connectivity index (χ3v) is 7.80. The number of amides is 1. The van der Waals surface area contributed by atoms with Gasteiger partial charge in [0.05, 0.1) is 10.3 Å². The summed E-state index contributed by atoms with van der Waals surface area (Å²) in [4.78, 5) is 34.8. The summed E-state index contributed by atoms with van der Waals surface area (Å²) in [5.74, 6) is 0.819. The fourth-order valence-corrected chi connectivity index (χ4v) is 5.85. The van der Waals surface area contributed by atoms with Crippen molar-refractivity contribution >= 4 is 27.5 Å². The van der Waals surface area contributed by atoms with Crippen molar-refractivity contribution in [1.29, 1.82) is 0 Å². The predicted molar refractivity (Wildman–Crippen MR) is 124 cm³/mol. The number of carbonyl (C=O) groups excluding carboxylic acids is 1. The zero-order chi connectivity index (χ0) is 21.8. The number of thiophene rings is 1. The number of aromatic nitrogens is 2. The molecule has 0 aromatic carbocycles. The summed E-state index contributed by atoms with van der Waals surface area (Å²) in [5.41, 5.74) is 0.807. The van der Waals surface area contributed by atoms with Gasteiger partial charge in [0.1, 0.15) is 10.7 Å². The van der Waals surface area contributed by atoms with Crippen molar-refractivity contribution < 1.29 is 9.53 Å². The van der Waals surface area contributed by atoms with E-state index in [2.05, 4.69) is 10.2 Å². The first-order valence-electron chi connectivity index (χ1n) is 11.6. The fraction of sp³-hybridized carbons (Fsp3) is 0.696. The largest absolute Gasteiger partial charge is 0.385 e. The molecule has 4 rings (SSSR count). The number of carbonyl (C=O) groups is 1. The van der Waals surface area contributed by atoms with Crippen LogP contribution in [0, 0.1) is 6.92 Å². The van der Waals surface area contributed by atoms with E-state index in [-0.39, 0.29) is 17.5 Å². The highest BCUT2D eigenvalue weighted by molar-refractivity contribution is 7.20. The number of fused-ring (bicyclic) bond motifs is 2. The van der Waals surface area contributed by atoms with Gasteiger partial charge in [-0.3, -0.25) is 14.2 Å². The summed E-state index contributed by atoms with van der Waals surface area (Å²) in [6.45, 7) is 6.57. The molecular weight excluding hydrogens is 412 g/mol. The van der Waals surface area contributed by atoms with Crippen LogP contribution in [0.25, 0.3) is 10.2 Å². The van der Waals surface area contributed by atoms with E-state index in [0.717, 1.165) is 95.5 Å². The van der Waals surface area contributed by atoms with E-state index >= 15 is 0 Å². The Balaban J connectivity index is 1.41. The van der Waals surface area contributed by atoms with Gasteiger partial charge in [-0.15, -0.1) is 11.3 Å². The fourth-order valence-electron chi connectivity index (χ4n) is 4.76. The standard InChI is InChI=1S/C23H34N4O3S/c1-16-19-22(25-18-8-4-3-5-12-27(18)23(19)29)31-20(16)21(28)24-17-9-13-26(14-10-17)11-6-7-15-30-2/h17H,3-15H2,1-2H3,(H,24,28). The number of aryl methyl sites for hydroxylation is 2. The summed E-state index contributed by atoms with van der Waals surface area (Å²) >= 11 is 1.37. The van der Waals surface area contributed by atoms with Crippen molar-refractivity contribution in [3.05, 3.63) is 26.6 Å². The molecule has 2 aliphatic rings. The molecule has 2 aliphatic heterocycles. The van der Waals surface area contributed by atoms with Crippen molar-refractivity contribution in [3.8, 4) is 0 Å². The van der Waals surface area contributed by atoms with Gasteiger partial charge in [0.25, 0.3) is 11.5 Å². The zero-order valence-electron chi connectivity index (χ0n) is 18.7. The smallest absolute Gasteiger partial charge is 0.262 e. The van der Waals surface area contributed by atoms with Crippen LogP contribution in [0.1, 0.15) is 66.0 Å². The first kappa shape index (κ1) is 22.4. The number of nitrogens with zero attached hydrogens (tertiary/aromatic N) is 3. The number of likely N-dealkylation sites (tertiary alicyclic amines) is 1. The highest BCUT2D eigenvalue weighted by atomic mass is 32.1. The van der Waals surface area contributed by atoms with Crippen LogP contribution in [-0.2, 0) is 17.7 Å². The Morgan fingerprint density at radius 3 is 2.77 bits per heavy atom. The van der Waals surface area contributed by atoms with Crippen LogP contribution in [-0.4, -0.2) is 59.8 Å². The molecule has 1 amide bonds. The predicted octanol–water partition coefficient (Wildman–Crippen LogP) is 3.11. The van der Waals surface area contributed by atoms with E-state index in [1.807, 2.05) is 11.5 Å². The first-order chi connectivity index (χ1) is 15.1. The number of ether oxygens (including phenoxy) is 1. The highest BCUT2D eigenvalue weighted by Gasteiger charge is 2.25. The average Bonchev–Trinajstić information content (AvgIpc) is 2.94. The van der Waals surface area contributed by atoms with Gasteiger partial charge in [0.15, 0.2) is 0 Å². The second-order valence-electron chi connectivity index (χ2n) is 8.82. The van der Waals surface area contributed by atoms with E-state index in [4.69, 9.17) is 9.72 Å². The molecule has 1 fully saturated rings. The Morgan fingerprint density at radius 1 is 1.19 bits per heavy atom. The van der Waals surface area contributed by atoms with Crippen LogP contribution >= 0.6 is 11.3 Å². The van der Waals surface area contributed by atoms with Gasteiger partial charge in [-0.1, -0.05) is 6.42 Å². The van der Waals surface area contributed by atoms with E-state index < -0.39 is 0 Å². The molecule has 1 N–H and O–H groups in total. The normalized spacial score (nSPS) is 18.1. The molecule has 0 saturated carbocycles. The molecular formula is C23H34N4O3S. The molecule has 8 heteroatoms. The molecule has 0 radical (unpaired) electrons. The van der Waals surface area contributed by atoms with Crippen molar-refractivity contribution in [2.24, 2.45) is 0 Å². The maximum absolute atomic E-state index is 13.1. The van der Waals surface area contributed by atoms with Crippen LogP contribution < -0.4 is 10.9 Å². The Bertz CT molecular complexity index is 975. The van der Waals surface area contributed by atoms with Gasteiger partial charge in [-0.2, -0.15) is 0 Å². The topological polar surface area (TPSA) is 76.5 Å². The number of nitrogens with one attached hydrogen (secondary N) is 1. The summed E-state index contributed by atoms with van der Waals surface area (Å²) in [5, 5.41) is 3.85. The Labute approximate surface area is 187 Å². The second kappa shape index (κ2) is 10.2. The van der Waals surface area contributed by atoms with Gasteiger partial charge in [0, 0.05) is 45.8 Å². The van der Waals surface area contributed by atoms with Gasteiger partial charge in [-0.05, 0) is 57.6 Å². The van der Waals surface area contributed by atoms with E-state index in [9.17, 15) is 9.59 Å². The number of piperidine rings is 1. The number of unbranched alkanes of at least 4 members (excludes halogenated alkanes) is 1. The zero-order valence-corrected chi connectivity index (χ0v) is 19.6. The molecule has 0 atom stereocenters. The Hall–Kier alpha value is -1.77.